The van der Waals surface area contributed by atoms with Crippen LogP contribution in [-0.2, 0) is 5.54 Å². The molecule has 64 valence electrons. The van der Waals surface area contributed by atoms with Crippen LogP contribution in [0.2, 0.25) is 0 Å². The zero-order valence-electron chi connectivity index (χ0n) is 6.68. The van der Waals surface area contributed by atoms with Crippen LogP contribution in [0.25, 0.3) is 0 Å². The van der Waals surface area contributed by atoms with Gasteiger partial charge in [0.1, 0.15) is 0 Å². The molecule has 0 unspecified atom stereocenters. The highest BCUT2D eigenvalue weighted by Crippen LogP contribution is 2.42. The second kappa shape index (κ2) is 2.64. The molecule has 0 aliphatic heterocycles. The molecule has 0 saturated heterocycles. The summed E-state index contributed by atoms with van der Waals surface area (Å²) in [5.41, 5.74) is 8.08. The Balaban J connectivity index is 2.25. The molecule has 1 aromatic carbocycles. The molecular formula is C9H11ClN2. The molecule has 3 heteroatoms. The van der Waals surface area contributed by atoms with Gasteiger partial charge in [0.15, 0.2) is 0 Å². The van der Waals surface area contributed by atoms with E-state index in [4.69, 9.17) is 17.5 Å². The van der Waals surface area contributed by atoms with Crippen LogP contribution >= 0.6 is 11.8 Å². The monoisotopic (exact) mass is 182 g/mol. The van der Waals surface area contributed by atoms with E-state index in [1.54, 1.807) is 0 Å². The molecule has 0 heterocycles. The Morgan fingerprint density at radius 2 is 1.83 bits per heavy atom. The Kier molecular flexibility index (Phi) is 1.74. The highest BCUT2D eigenvalue weighted by molar-refractivity contribution is 6.23. The van der Waals surface area contributed by atoms with Crippen LogP contribution in [0.3, 0.4) is 0 Å². The summed E-state index contributed by atoms with van der Waals surface area (Å²) in [6, 6.07) is 7.93. The SMILES string of the molecule is NC1(c2ccc(NCl)cc2)CC1. The van der Waals surface area contributed by atoms with E-state index < -0.39 is 0 Å². The summed E-state index contributed by atoms with van der Waals surface area (Å²) in [7, 11) is 0. The van der Waals surface area contributed by atoms with Crippen molar-refractivity contribution in [2.75, 3.05) is 4.84 Å². The van der Waals surface area contributed by atoms with Crippen LogP contribution in [-0.4, -0.2) is 0 Å². The Morgan fingerprint density at radius 1 is 1.25 bits per heavy atom. The van der Waals surface area contributed by atoms with Gasteiger partial charge in [0.05, 0.1) is 0 Å². The first-order valence-corrected chi connectivity index (χ1v) is 4.38. The van der Waals surface area contributed by atoms with Crippen LogP contribution in [0.4, 0.5) is 5.69 Å². The lowest BCUT2D eigenvalue weighted by Crippen LogP contribution is -2.18. The number of hydrogen-bond acceptors (Lipinski definition) is 2. The van der Waals surface area contributed by atoms with Crippen LogP contribution in [0.5, 0.6) is 0 Å². The number of nitrogens with two attached hydrogens (primary N) is 1. The molecule has 0 bridgehead atoms. The molecule has 0 aromatic heterocycles. The number of rotatable bonds is 2. The Morgan fingerprint density at radius 3 is 2.25 bits per heavy atom. The van der Waals surface area contributed by atoms with Gasteiger partial charge in [-0.05, 0) is 30.5 Å². The summed E-state index contributed by atoms with van der Waals surface area (Å²) < 4.78 is 0. The lowest BCUT2D eigenvalue weighted by atomic mass is 10.1. The van der Waals surface area contributed by atoms with Gasteiger partial charge in [0.2, 0.25) is 0 Å². The maximum atomic E-state index is 6.01. The van der Waals surface area contributed by atoms with Gasteiger partial charge in [-0.2, -0.15) is 0 Å². The zero-order valence-corrected chi connectivity index (χ0v) is 7.43. The third kappa shape index (κ3) is 1.28. The van der Waals surface area contributed by atoms with Crippen molar-refractivity contribution in [1.82, 2.24) is 0 Å². The van der Waals surface area contributed by atoms with Gasteiger partial charge in [-0.15, -0.1) is 0 Å². The summed E-state index contributed by atoms with van der Waals surface area (Å²) in [5.74, 6) is 0. The lowest BCUT2D eigenvalue weighted by Gasteiger charge is -2.08. The minimum atomic E-state index is -0.0369. The number of halogens is 1. The number of anilines is 1. The van der Waals surface area contributed by atoms with E-state index in [9.17, 15) is 0 Å². The van der Waals surface area contributed by atoms with Crippen molar-refractivity contribution >= 4 is 17.5 Å². The van der Waals surface area contributed by atoms with Crippen molar-refractivity contribution in [2.45, 2.75) is 18.4 Å². The molecule has 2 rings (SSSR count). The maximum Gasteiger partial charge on any atom is 0.0491 e. The Hall–Kier alpha value is -0.730. The molecule has 0 spiro atoms. The average Bonchev–Trinajstić information content (AvgIpc) is 2.85. The number of benzene rings is 1. The van der Waals surface area contributed by atoms with Crippen molar-refractivity contribution in [3.05, 3.63) is 29.8 Å². The van der Waals surface area contributed by atoms with Crippen molar-refractivity contribution in [1.29, 1.82) is 0 Å². The van der Waals surface area contributed by atoms with E-state index in [0.717, 1.165) is 18.5 Å². The van der Waals surface area contributed by atoms with Gasteiger partial charge in [-0.25, -0.2) is 0 Å². The largest absolute Gasteiger partial charge is 0.321 e. The molecular weight excluding hydrogens is 172 g/mol. The van der Waals surface area contributed by atoms with E-state index >= 15 is 0 Å². The molecule has 1 saturated carbocycles. The fourth-order valence-electron chi connectivity index (χ4n) is 1.29. The molecule has 0 radical (unpaired) electrons. The van der Waals surface area contributed by atoms with E-state index in [2.05, 4.69) is 4.84 Å². The first kappa shape index (κ1) is 7.90. The minimum Gasteiger partial charge on any atom is -0.321 e. The van der Waals surface area contributed by atoms with Crippen LogP contribution in [0, 0.1) is 0 Å². The molecule has 1 fully saturated rings. The predicted molar refractivity (Wildman–Crippen MR) is 51.0 cm³/mol. The number of hydrogen-bond donors (Lipinski definition) is 2. The lowest BCUT2D eigenvalue weighted by molar-refractivity contribution is 0.740. The minimum absolute atomic E-state index is 0.0369. The van der Waals surface area contributed by atoms with Crippen molar-refractivity contribution in [2.24, 2.45) is 5.73 Å². The molecule has 12 heavy (non-hydrogen) atoms. The van der Waals surface area contributed by atoms with Crippen LogP contribution < -0.4 is 10.6 Å². The Labute approximate surface area is 76.8 Å². The predicted octanol–water partition coefficient (Wildman–Crippen LogP) is 2.20. The van der Waals surface area contributed by atoms with Gasteiger partial charge in [0.25, 0.3) is 0 Å². The van der Waals surface area contributed by atoms with Gasteiger partial charge in [0, 0.05) is 23.0 Å². The summed E-state index contributed by atoms with van der Waals surface area (Å²) in [6.07, 6.45) is 2.20. The summed E-state index contributed by atoms with van der Waals surface area (Å²) in [5, 5.41) is 0. The van der Waals surface area contributed by atoms with Crippen molar-refractivity contribution in [3.8, 4) is 0 Å². The quantitative estimate of drug-likeness (QED) is 0.689. The van der Waals surface area contributed by atoms with E-state index in [0.29, 0.717) is 0 Å². The first-order valence-electron chi connectivity index (χ1n) is 4.01. The van der Waals surface area contributed by atoms with Gasteiger partial charge < -0.3 is 5.73 Å². The second-order valence-corrected chi connectivity index (χ2v) is 3.52. The van der Waals surface area contributed by atoms with E-state index in [1.807, 2.05) is 24.3 Å². The zero-order chi connectivity index (χ0) is 8.60. The molecule has 1 aliphatic rings. The fraction of sp³-hybridized carbons (Fsp3) is 0.333. The fourth-order valence-corrected chi connectivity index (χ4v) is 1.41. The molecule has 0 amide bonds. The highest BCUT2D eigenvalue weighted by atomic mass is 35.5. The van der Waals surface area contributed by atoms with Gasteiger partial charge in [-0.3, -0.25) is 4.84 Å². The van der Waals surface area contributed by atoms with Crippen LogP contribution in [0.1, 0.15) is 18.4 Å². The molecule has 2 nitrogen and oxygen atoms in total. The topological polar surface area (TPSA) is 38.0 Å². The summed E-state index contributed by atoms with van der Waals surface area (Å²) in [4.78, 5) is 2.56. The first-order chi connectivity index (χ1) is 5.74. The van der Waals surface area contributed by atoms with Gasteiger partial charge >= 0.3 is 0 Å². The van der Waals surface area contributed by atoms with E-state index in [-0.39, 0.29) is 5.54 Å². The third-order valence-corrected chi connectivity index (χ3v) is 2.58. The molecule has 3 N–H and O–H groups in total. The van der Waals surface area contributed by atoms with Crippen LogP contribution in [0.15, 0.2) is 24.3 Å². The standard InChI is InChI=1S/C9H11ClN2/c10-12-8-3-1-7(2-4-8)9(11)5-6-9/h1-4,12H,5-6,11H2. The molecule has 1 aliphatic carbocycles. The normalized spacial score (nSPS) is 18.8. The number of nitrogens with one attached hydrogen (secondary N) is 1. The summed E-state index contributed by atoms with van der Waals surface area (Å²) >= 11 is 5.43. The molecule has 0 atom stereocenters. The third-order valence-electron chi connectivity index (χ3n) is 2.36. The second-order valence-electron chi connectivity index (χ2n) is 3.33. The molecule has 1 aromatic rings. The van der Waals surface area contributed by atoms with Gasteiger partial charge in [-0.1, -0.05) is 12.1 Å². The Bertz CT molecular complexity index is 277. The summed E-state index contributed by atoms with van der Waals surface area (Å²) in [6.45, 7) is 0. The maximum absolute atomic E-state index is 6.01. The average molecular weight is 183 g/mol. The smallest absolute Gasteiger partial charge is 0.0491 e. The highest BCUT2D eigenvalue weighted by Gasteiger charge is 2.39. The van der Waals surface area contributed by atoms with E-state index in [1.165, 1.54) is 5.56 Å². The van der Waals surface area contributed by atoms with Crippen molar-refractivity contribution in [3.63, 3.8) is 0 Å². The van der Waals surface area contributed by atoms with Crippen molar-refractivity contribution < 1.29 is 0 Å².